The highest BCUT2D eigenvalue weighted by atomic mass is 79.9. The number of benzene rings is 4. The van der Waals surface area contributed by atoms with Crippen molar-refractivity contribution < 1.29 is 19.5 Å². The van der Waals surface area contributed by atoms with Crippen LogP contribution in [0.1, 0.15) is 31.5 Å². The number of hydrogen-bond donors (Lipinski definition) is 3. The van der Waals surface area contributed by atoms with Gasteiger partial charge in [0.2, 0.25) is 5.91 Å². The normalized spacial score (nSPS) is 11.4. The molecule has 0 saturated heterocycles. The van der Waals surface area contributed by atoms with Gasteiger partial charge in [-0.2, -0.15) is 0 Å². The summed E-state index contributed by atoms with van der Waals surface area (Å²) < 4.78 is 0.974. The number of aromatic nitrogens is 1. The Balaban J connectivity index is 1.34. The van der Waals surface area contributed by atoms with Gasteiger partial charge < -0.3 is 15.7 Å². The highest BCUT2D eigenvalue weighted by molar-refractivity contribution is 9.10. The molecular formula is C31H22BrN3O4S2. The summed E-state index contributed by atoms with van der Waals surface area (Å²) in [7, 11) is 0. The standard InChI is InChI=1S/C31H22BrN3O4S2/c32-21-15-13-19(14-16-21)26-18-40-31(34-26)35-29(37)27(20-7-2-1-3-8-20)41-23-10-6-9-22(17-23)33-28(36)24-11-4-5-12-25(24)30(38)39/h1-18,27H,(H,33,36)(H,38,39)(H,34,35,37). The molecule has 2 amide bonds. The van der Waals surface area contributed by atoms with Crippen molar-refractivity contribution in [3.05, 3.63) is 130 Å². The Labute approximate surface area is 252 Å². The lowest BCUT2D eigenvalue weighted by atomic mass is 10.1. The molecule has 1 atom stereocenters. The minimum absolute atomic E-state index is 0.0607. The summed E-state index contributed by atoms with van der Waals surface area (Å²) in [6, 6.07) is 30.3. The Morgan fingerprint density at radius 2 is 1.54 bits per heavy atom. The molecule has 0 saturated carbocycles. The van der Waals surface area contributed by atoms with Crippen molar-refractivity contribution in [3.63, 3.8) is 0 Å². The first-order valence-electron chi connectivity index (χ1n) is 12.3. The number of thioether (sulfide) groups is 1. The molecule has 0 aliphatic carbocycles. The molecule has 0 fully saturated rings. The number of rotatable bonds is 9. The molecule has 0 radical (unpaired) electrons. The van der Waals surface area contributed by atoms with Crippen molar-refractivity contribution in [1.82, 2.24) is 4.98 Å². The fourth-order valence-electron chi connectivity index (χ4n) is 4.01. The summed E-state index contributed by atoms with van der Waals surface area (Å²) >= 11 is 6.12. The van der Waals surface area contributed by atoms with E-state index in [0.717, 1.165) is 26.2 Å². The minimum atomic E-state index is -1.18. The van der Waals surface area contributed by atoms with Crippen molar-refractivity contribution in [2.75, 3.05) is 10.6 Å². The van der Waals surface area contributed by atoms with E-state index in [1.165, 1.54) is 35.2 Å². The van der Waals surface area contributed by atoms with Crippen molar-refractivity contribution in [1.29, 1.82) is 0 Å². The minimum Gasteiger partial charge on any atom is -0.478 e. The average Bonchev–Trinajstić information content (AvgIpc) is 3.45. The fraction of sp³-hybridized carbons (Fsp3) is 0.0323. The summed E-state index contributed by atoms with van der Waals surface area (Å²) in [5.74, 6) is -1.95. The van der Waals surface area contributed by atoms with Gasteiger partial charge >= 0.3 is 5.97 Å². The molecule has 0 bridgehead atoms. The number of amides is 2. The number of nitrogens with zero attached hydrogens (tertiary/aromatic N) is 1. The Kier molecular flexibility index (Phi) is 8.93. The summed E-state index contributed by atoms with van der Waals surface area (Å²) in [5.41, 5.74) is 2.99. The van der Waals surface area contributed by atoms with Crippen LogP contribution in [-0.2, 0) is 4.79 Å². The van der Waals surface area contributed by atoms with Crippen molar-refractivity contribution in [2.24, 2.45) is 0 Å². The van der Waals surface area contributed by atoms with Gasteiger partial charge in [-0.05, 0) is 48.0 Å². The second-order valence-corrected chi connectivity index (χ2v) is 11.7. The third-order valence-electron chi connectivity index (χ3n) is 5.96. The zero-order valence-electron chi connectivity index (χ0n) is 21.3. The van der Waals surface area contributed by atoms with Crippen molar-refractivity contribution in [2.45, 2.75) is 10.1 Å². The Hall–Kier alpha value is -4.25. The van der Waals surface area contributed by atoms with Gasteiger partial charge in [-0.25, -0.2) is 9.78 Å². The molecule has 4 aromatic carbocycles. The van der Waals surface area contributed by atoms with Crippen molar-refractivity contribution in [3.8, 4) is 11.3 Å². The Bertz CT molecular complexity index is 1710. The summed E-state index contributed by atoms with van der Waals surface area (Å²) in [6.07, 6.45) is 0. The number of anilines is 2. The zero-order valence-corrected chi connectivity index (χ0v) is 24.5. The van der Waals surface area contributed by atoms with Crippen LogP contribution in [0.3, 0.4) is 0 Å². The van der Waals surface area contributed by atoms with Crippen LogP contribution < -0.4 is 10.6 Å². The molecule has 41 heavy (non-hydrogen) atoms. The molecule has 5 rings (SSSR count). The second kappa shape index (κ2) is 12.9. The zero-order chi connectivity index (χ0) is 28.8. The van der Waals surface area contributed by atoms with Crippen LogP contribution in [0, 0.1) is 0 Å². The predicted octanol–water partition coefficient (Wildman–Crippen LogP) is 8.00. The van der Waals surface area contributed by atoms with Crippen LogP contribution in [0.2, 0.25) is 0 Å². The highest BCUT2D eigenvalue weighted by Crippen LogP contribution is 2.38. The topological polar surface area (TPSA) is 108 Å². The molecule has 3 N–H and O–H groups in total. The number of thiazole rings is 1. The lowest BCUT2D eigenvalue weighted by Crippen LogP contribution is -2.19. The number of halogens is 1. The Morgan fingerprint density at radius 1 is 0.829 bits per heavy atom. The van der Waals surface area contributed by atoms with E-state index in [2.05, 4.69) is 31.5 Å². The molecule has 0 spiro atoms. The van der Waals surface area contributed by atoms with Gasteiger partial charge in [0, 0.05) is 26.0 Å². The van der Waals surface area contributed by atoms with E-state index in [1.54, 1.807) is 30.3 Å². The fourth-order valence-corrected chi connectivity index (χ4v) is 6.08. The third kappa shape index (κ3) is 7.10. The monoisotopic (exact) mass is 643 g/mol. The molecule has 1 aromatic heterocycles. The van der Waals surface area contributed by atoms with Crippen LogP contribution in [-0.4, -0.2) is 27.9 Å². The number of carboxylic acids is 1. The average molecular weight is 645 g/mol. The number of aromatic carboxylic acids is 1. The number of hydrogen-bond acceptors (Lipinski definition) is 6. The highest BCUT2D eigenvalue weighted by Gasteiger charge is 2.24. The maximum atomic E-state index is 13.6. The lowest BCUT2D eigenvalue weighted by molar-refractivity contribution is -0.115. The summed E-state index contributed by atoms with van der Waals surface area (Å²) in [6.45, 7) is 0. The van der Waals surface area contributed by atoms with Crippen LogP contribution in [0.5, 0.6) is 0 Å². The van der Waals surface area contributed by atoms with Crippen LogP contribution in [0.4, 0.5) is 10.8 Å². The first-order chi connectivity index (χ1) is 19.9. The van der Waals surface area contributed by atoms with E-state index < -0.39 is 17.1 Å². The molecule has 0 aliphatic rings. The second-order valence-electron chi connectivity index (χ2n) is 8.78. The third-order valence-corrected chi connectivity index (χ3v) is 8.50. The van der Waals surface area contributed by atoms with Crippen LogP contribution in [0.15, 0.2) is 118 Å². The van der Waals surface area contributed by atoms with E-state index >= 15 is 0 Å². The number of carbonyl (C=O) groups excluding carboxylic acids is 2. The SMILES string of the molecule is O=C(O)c1ccccc1C(=O)Nc1cccc(SC(C(=O)Nc2nc(-c3ccc(Br)cc3)cs2)c2ccccc2)c1. The number of nitrogens with one attached hydrogen (secondary N) is 2. The van der Waals surface area contributed by atoms with Gasteiger partial charge in [-0.1, -0.05) is 76.6 Å². The summed E-state index contributed by atoms with van der Waals surface area (Å²) in [4.78, 5) is 43.3. The predicted molar refractivity (Wildman–Crippen MR) is 167 cm³/mol. The summed E-state index contributed by atoms with van der Waals surface area (Å²) in [5, 5.41) is 17.0. The van der Waals surface area contributed by atoms with Gasteiger partial charge in [-0.15, -0.1) is 23.1 Å². The molecule has 1 unspecified atom stereocenters. The first kappa shape index (κ1) is 28.3. The molecule has 10 heteroatoms. The largest absolute Gasteiger partial charge is 0.478 e. The first-order valence-corrected chi connectivity index (χ1v) is 14.9. The number of carboxylic acid groups (broad SMARTS) is 1. The van der Waals surface area contributed by atoms with Crippen molar-refractivity contribution >= 4 is 67.6 Å². The maximum absolute atomic E-state index is 13.6. The Morgan fingerprint density at radius 3 is 2.27 bits per heavy atom. The van der Waals surface area contributed by atoms with Gasteiger partial charge in [0.05, 0.1) is 16.8 Å². The van der Waals surface area contributed by atoms with E-state index in [9.17, 15) is 19.5 Å². The lowest BCUT2D eigenvalue weighted by Gasteiger charge is -2.17. The van der Waals surface area contributed by atoms with Gasteiger partial charge in [0.1, 0.15) is 5.25 Å². The van der Waals surface area contributed by atoms with E-state index in [1.807, 2.05) is 66.0 Å². The van der Waals surface area contributed by atoms with E-state index in [-0.39, 0.29) is 17.0 Å². The molecular weight excluding hydrogens is 622 g/mol. The number of carbonyl (C=O) groups is 3. The van der Waals surface area contributed by atoms with E-state index in [4.69, 9.17) is 0 Å². The molecule has 0 aliphatic heterocycles. The van der Waals surface area contributed by atoms with Gasteiger partial charge in [0.25, 0.3) is 5.91 Å². The smallest absolute Gasteiger partial charge is 0.336 e. The van der Waals surface area contributed by atoms with Gasteiger partial charge in [0.15, 0.2) is 5.13 Å². The molecule has 1 heterocycles. The molecule has 7 nitrogen and oxygen atoms in total. The maximum Gasteiger partial charge on any atom is 0.336 e. The van der Waals surface area contributed by atoms with E-state index in [0.29, 0.717) is 10.8 Å². The molecule has 204 valence electrons. The quantitative estimate of drug-likeness (QED) is 0.140. The van der Waals surface area contributed by atoms with Gasteiger partial charge in [-0.3, -0.25) is 9.59 Å². The van der Waals surface area contributed by atoms with Crippen LogP contribution >= 0.6 is 39.0 Å². The molecule has 5 aromatic rings. The van der Waals surface area contributed by atoms with Crippen LogP contribution in [0.25, 0.3) is 11.3 Å².